The normalized spacial score (nSPS) is 16.0. The first-order valence-electron chi connectivity index (χ1n) is 3.87. The van der Waals surface area contributed by atoms with E-state index in [9.17, 15) is 0 Å². The molecule has 0 unspecified atom stereocenters. The highest BCUT2D eigenvalue weighted by Gasteiger charge is 2.08. The first-order chi connectivity index (χ1) is 5.36. The second kappa shape index (κ2) is 2.78. The molecule has 2 rings (SSSR count). The minimum Gasteiger partial charge on any atom is -0.399 e. The lowest BCUT2D eigenvalue weighted by atomic mass is 10.1. The molecular weight excluding hydrogens is 154 g/mol. The van der Waals surface area contributed by atoms with Crippen molar-refractivity contribution in [2.24, 2.45) is 0 Å². The fourth-order valence-corrected chi connectivity index (χ4v) is 2.44. The smallest absolute Gasteiger partial charge is 0.0325 e. The Morgan fingerprint density at radius 1 is 1.36 bits per heavy atom. The minimum atomic E-state index is 0.887. The molecule has 0 saturated heterocycles. The van der Waals surface area contributed by atoms with Crippen LogP contribution < -0.4 is 5.73 Å². The number of rotatable bonds is 0. The number of thioether (sulfide) groups is 1. The van der Waals surface area contributed by atoms with Crippen LogP contribution in [0.15, 0.2) is 23.1 Å². The number of aryl methyl sites for hydroxylation is 1. The van der Waals surface area contributed by atoms with Gasteiger partial charge in [-0.1, -0.05) is 6.07 Å². The first-order valence-corrected chi connectivity index (χ1v) is 4.86. The van der Waals surface area contributed by atoms with Crippen LogP contribution in [-0.4, -0.2) is 5.75 Å². The Morgan fingerprint density at radius 3 is 3.18 bits per heavy atom. The summed E-state index contributed by atoms with van der Waals surface area (Å²) in [5, 5.41) is 0. The lowest BCUT2D eigenvalue weighted by molar-refractivity contribution is 0.890. The monoisotopic (exact) mass is 165 g/mol. The van der Waals surface area contributed by atoms with Gasteiger partial charge in [0.2, 0.25) is 0 Å². The maximum Gasteiger partial charge on any atom is 0.0325 e. The van der Waals surface area contributed by atoms with E-state index in [0.29, 0.717) is 0 Å². The summed E-state index contributed by atoms with van der Waals surface area (Å²) >= 11 is 1.92. The maximum absolute atomic E-state index is 5.67. The van der Waals surface area contributed by atoms with Crippen molar-refractivity contribution in [3.8, 4) is 0 Å². The van der Waals surface area contributed by atoms with Gasteiger partial charge in [0.1, 0.15) is 0 Å². The number of hydrogen-bond acceptors (Lipinski definition) is 2. The van der Waals surface area contributed by atoms with E-state index in [1.165, 1.54) is 29.1 Å². The largest absolute Gasteiger partial charge is 0.399 e. The molecule has 1 aromatic rings. The average molecular weight is 165 g/mol. The number of nitrogen functional groups attached to an aromatic ring is 1. The molecule has 1 aliphatic rings. The van der Waals surface area contributed by atoms with Crippen LogP contribution in [0.2, 0.25) is 0 Å². The Kier molecular flexibility index (Phi) is 1.78. The number of anilines is 1. The highest BCUT2D eigenvalue weighted by molar-refractivity contribution is 7.99. The van der Waals surface area contributed by atoms with Crippen molar-refractivity contribution in [2.75, 3.05) is 11.5 Å². The molecule has 1 aliphatic heterocycles. The Labute approximate surface area is 71.0 Å². The Morgan fingerprint density at radius 2 is 2.27 bits per heavy atom. The standard InChI is InChI=1S/C9H11NS/c10-8-4-3-7-2-1-5-11-9(7)6-8/h3-4,6H,1-2,5,10H2. The lowest BCUT2D eigenvalue weighted by Crippen LogP contribution is -1.98. The van der Waals surface area contributed by atoms with Gasteiger partial charge in [0, 0.05) is 10.6 Å². The molecule has 0 bridgehead atoms. The molecule has 11 heavy (non-hydrogen) atoms. The third-order valence-electron chi connectivity index (χ3n) is 1.94. The molecule has 0 amide bonds. The summed E-state index contributed by atoms with van der Waals surface area (Å²) < 4.78 is 0. The molecule has 2 heteroatoms. The van der Waals surface area contributed by atoms with Gasteiger partial charge >= 0.3 is 0 Å². The highest BCUT2D eigenvalue weighted by atomic mass is 32.2. The topological polar surface area (TPSA) is 26.0 Å². The SMILES string of the molecule is Nc1ccc2c(c1)SCCC2. The molecule has 58 valence electrons. The zero-order valence-corrected chi connectivity index (χ0v) is 7.16. The predicted molar refractivity (Wildman–Crippen MR) is 49.9 cm³/mol. The van der Waals surface area contributed by atoms with Crippen molar-refractivity contribution in [1.29, 1.82) is 0 Å². The summed E-state index contributed by atoms with van der Waals surface area (Å²) in [6.45, 7) is 0. The third kappa shape index (κ3) is 1.36. The Hall–Kier alpha value is -0.630. The summed E-state index contributed by atoms with van der Waals surface area (Å²) in [5.74, 6) is 1.25. The molecule has 2 N–H and O–H groups in total. The van der Waals surface area contributed by atoms with Crippen LogP contribution in [0.1, 0.15) is 12.0 Å². The zero-order valence-electron chi connectivity index (χ0n) is 6.34. The molecule has 0 aromatic heterocycles. The van der Waals surface area contributed by atoms with E-state index in [2.05, 4.69) is 12.1 Å². The maximum atomic E-state index is 5.67. The fraction of sp³-hybridized carbons (Fsp3) is 0.333. The molecular formula is C9H11NS. The van der Waals surface area contributed by atoms with Crippen LogP contribution in [0.3, 0.4) is 0 Å². The van der Waals surface area contributed by atoms with Crippen LogP contribution in [0.5, 0.6) is 0 Å². The van der Waals surface area contributed by atoms with Gasteiger partial charge in [-0.25, -0.2) is 0 Å². The van der Waals surface area contributed by atoms with Crippen molar-refractivity contribution in [3.63, 3.8) is 0 Å². The molecule has 0 radical (unpaired) electrons. The van der Waals surface area contributed by atoms with Crippen molar-refractivity contribution in [1.82, 2.24) is 0 Å². The summed E-state index contributed by atoms with van der Waals surface area (Å²) in [4.78, 5) is 1.39. The summed E-state index contributed by atoms with van der Waals surface area (Å²) in [7, 11) is 0. The minimum absolute atomic E-state index is 0.887. The van der Waals surface area contributed by atoms with Crippen LogP contribution in [0.4, 0.5) is 5.69 Å². The number of nitrogens with two attached hydrogens (primary N) is 1. The van der Waals surface area contributed by atoms with Gasteiger partial charge in [0.25, 0.3) is 0 Å². The second-order valence-electron chi connectivity index (χ2n) is 2.82. The molecule has 1 aromatic carbocycles. The van der Waals surface area contributed by atoms with E-state index >= 15 is 0 Å². The average Bonchev–Trinajstić information content (AvgIpc) is 2.04. The Bertz CT molecular complexity index is 270. The summed E-state index contributed by atoms with van der Waals surface area (Å²) in [6, 6.07) is 6.22. The van der Waals surface area contributed by atoms with E-state index in [1.807, 2.05) is 17.8 Å². The first kappa shape index (κ1) is 7.04. The molecule has 0 fully saturated rings. The molecule has 0 atom stereocenters. The van der Waals surface area contributed by atoms with E-state index in [0.717, 1.165) is 5.69 Å². The van der Waals surface area contributed by atoms with E-state index in [4.69, 9.17) is 5.73 Å². The molecule has 1 heterocycles. The van der Waals surface area contributed by atoms with Gasteiger partial charge in [0.05, 0.1) is 0 Å². The highest BCUT2D eigenvalue weighted by Crippen LogP contribution is 2.30. The Balaban J connectivity index is 2.43. The second-order valence-corrected chi connectivity index (χ2v) is 3.96. The predicted octanol–water partition coefficient (Wildman–Crippen LogP) is 2.31. The van der Waals surface area contributed by atoms with Crippen molar-refractivity contribution < 1.29 is 0 Å². The van der Waals surface area contributed by atoms with E-state index < -0.39 is 0 Å². The molecule has 0 saturated carbocycles. The lowest BCUT2D eigenvalue weighted by Gasteiger charge is -2.14. The van der Waals surface area contributed by atoms with Crippen LogP contribution in [0.25, 0.3) is 0 Å². The van der Waals surface area contributed by atoms with Crippen molar-refractivity contribution in [2.45, 2.75) is 17.7 Å². The van der Waals surface area contributed by atoms with Gasteiger partial charge < -0.3 is 5.73 Å². The van der Waals surface area contributed by atoms with Crippen LogP contribution in [0, 0.1) is 0 Å². The van der Waals surface area contributed by atoms with Gasteiger partial charge in [-0.15, -0.1) is 11.8 Å². The fourth-order valence-electron chi connectivity index (χ4n) is 1.36. The van der Waals surface area contributed by atoms with Crippen molar-refractivity contribution in [3.05, 3.63) is 23.8 Å². The summed E-state index contributed by atoms with van der Waals surface area (Å²) in [5.41, 5.74) is 8.02. The third-order valence-corrected chi connectivity index (χ3v) is 3.12. The number of benzene rings is 1. The van der Waals surface area contributed by atoms with Gasteiger partial charge in [-0.2, -0.15) is 0 Å². The van der Waals surface area contributed by atoms with Crippen LogP contribution in [-0.2, 0) is 6.42 Å². The quantitative estimate of drug-likeness (QED) is 0.597. The van der Waals surface area contributed by atoms with Gasteiger partial charge in [0.15, 0.2) is 0 Å². The molecule has 0 aliphatic carbocycles. The van der Waals surface area contributed by atoms with E-state index in [1.54, 1.807) is 0 Å². The van der Waals surface area contributed by atoms with Crippen molar-refractivity contribution >= 4 is 17.4 Å². The zero-order chi connectivity index (χ0) is 7.68. The summed E-state index contributed by atoms with van der Waals surface area (Å²) in [6.07, 6.45) is 2.53. The number of hydrogen-bond donors (Lipinski definition) is 1. The van der Waals surface area contributed by atoms with E-state index in [-0.39, 0.29) is 0 Å². The van der Waals surface area contributed by atoms with Crippen LogP contribution >= 0.6 is 11.8 Å². The van der Waals surface area contributed by atoms with Gasteiger partial charge in [-0.05, 0) is 36.3 Å². The number of fused-ring (bicyclic) bond motifs is 1. The molecule has 1 nitrogen and oxygen atoms in total. The molecule has 0 spiro atoms. The van der Waals surface area contributed by atoms with Gasteiger partial charge in [-0.3, -0.25) is 0 Å².